The molecule has 2 aromatic carbocycles. The molecule has 0 bridgehead atoms. The van der Waals surface area contributed by atoms with E-state index in [2.05, 4.69) is 15.4 Å². The van der Waals surface area contributed by atoms with Crippen LogP contribution in [0.4, 0.5) is 28.9 Å². The van der Waals surface area contributed by atoms with Crippen LogP contribution in [0.25, 0.3) is 0 Å². The van der Waals surface area contributed by atoms with E-state index >= 15 is 0 Å². The van der Waals surface area contributed by atoms with Crippen LogP contribution in [0, 0.1) is 5.82 Å². The van der Waals surface area contributed by atoms with Gasteiger partial charge in [0.05, 0.1) is 6.54 Å². The van der Waals surface area contributed by atoms with Crippen LogP contribution in [0.3, 0.4) is 0 Å². The molecular weight excluding hydrogens is 436 g/mol. The van der Waals surface area contributed by atoms with E-state index < -0.39 is 6.36 Å². The Balaban J connectivity index is 1.41. The highest BCUT2D eigenvalue weighted by Crippen LogP contribution is 2.24. The largest absolute Gasteiger partial charge is 0.573 e. The van der Waals surface area contributed by atoms with Crippen molar-refractivity contribution in [2.45, 2.75) is 6.36 Å². The first-order chi connectivity index (χ1) is 14.7. The smallest absolute Gasteiger partial charge is 0.406 e. The topological polar surface area (TPSA) is 56.8 Å². The summed E-state index contributed by atoms with van der Waals surface area (Å²) in [7, 11) is 0. The normalized spacial score (nSPS) is 14.8. The number of rotatable bonds is 5. The number of halogens is 4. The molecule has 2 aromatic rings. The van der Waals surface area contributed by atoms with Gasteiger partial charge in [0.15, 0.2) is 5.11 Å². The molecule has 1 aliphatic heterocycles. The van der Waals surface area contributed by atoms with Gasteiger partial charge in [-0.1, -0.05) is 0 Å². The second kappa shape index (κ2) is 9.92. The molecule has 6 nitrogen and oxygen atoms in total. The van der Waals surface area contributed by atoms with Gasteiger partial charge in [-0.3, -0.25) is 9.69 Å². The maximum Gasteiger partial charge on any atom is 0.573 e. The summed E-state index contributed by atoms with van der Waals surface area (Å²) in [6.07, 6.45) is -4.76. The molecule has 3 rings (SSSR count). The summed E-state index contributed by atoms with van der Waals surface area (Å²) in [5.41, 5.74) is 1.07. The third-order valence-corrected chi connectivity index (χ3v) is 4.85. The van der Waals surface area contributed by atoms with Gasteiger partial charge in [0.1, 0.15) is 11.6 Å². The third-order valence-electron chi connectivity index (χ3n) is 4.49. The van der Waals surface area contributed by atoms with Crippen LogP contribution in [0.2, 0.25) is 0 Å². The lowest BCUT2D eigenvalue weighted by Crippen LogP contribution is -2.51. The minimum atomic E-state index is -4.76. The molecule has 1 aliphatic rings. The maximum absolute atomic E-state index is 13.0. The molecule has 0 aliphatic carbocycles. The molecule has 0 radical (unpaired) electrons. The van der Waals surface area contributed by atoms with Gasteiger partial charge in [-0.25, -0.2) is 4.39 Å². The van der Waals surface area contributed by atoms with Gasteiger partial charge in [0.25, 0.3) is 0 Å². The van der Waals surface area contributed by atoms with E-state index in [1.54, 1.807) is 12.1 Å². The second-order valence-corrected chi connectivity index (χ2v) is 7.21. The highest BCUT2D eigenvalue weighted by Gasteiger charge is 2.31. The molecule has 0 unspecified atom stereocenters. The Morgan fingerprint density at radius 2 is 1.48 bits per heavy atom. The molecule has 0 aromatic heterocycles. The van der Waals surface area contributed by atoms with Crippen LogP contribution in [0.15, 0.2) is 48.5 Å². The van der Waals surface area contributed by atoms with Crippen LogP contribution < -0.4 is 15.4 Å². The Morgan fingerprint density at radius 1 is 0.935 bits per heavy atom. The number of nitrogens with zero attached hydrogens (tertiary/aromatic N) is 2. The van der Waals surface area contributed by atoms with Gasteiger partial charge < -0.3 is 20.3 Å². The first kappa shape index (κ1) is 22.8. The minimum Gasteiger partial charge on any atom is -0.406 e. The fourth-order valence-corrected chi connectivity index (χ4v) is 3.29. The third kappa shape index (κ3) is 7.37. The maximum atomic E-state index is 13.0. The van der Waals surface area contributed by atoms with Crippen LogP contribution in [-0.2, 0) is 4.79 Å². The molecule has 1 fully saturated rings. The van der Waals surface area contributed by atoms with Crippen LogP contribution >= 0.6 is 12.2 Å². The summed E-state index contributed by atoms with van der Waals surface area (Å²) in [5, 5.41) is 6.23. The lowest BCUT2D eigenvalue weighted by atomic mass is 10.3. The molecule has 11 heteroatoms. The number of amides is 1. The number of thiocarbonyl (C=S) groups is 1. The fourth-order valence-electron chi connectivity index (χ4n) is 2.99. The van der Waals surface area contributed by atoms with Gasteiger partial charge in [-0.2, -0.15) is 0 Å². The summed E-state index contributed by atoms with van der Waals surface area (Å²) in [6.45, 7) is 2.59. The standard InChI is InChI=1S/C20H20F4N4O2S/c21-14-1-3-16(4-2-14)26-19(31)28-11-9-27(10-12-28)13-18(29)25-15-5-7-17(8-6-15)30-20(22,23)24/h1-8H,9-13H2,(H,25,29)(H,26,31). The van der Waals surface area contributed by atoms with Crippen molar-refractivity contribution in [3.05, 3.63) is 54.3 Å². The second-order valence-electron chi connectivity index (χ2n) is 6.82. The Morgan fingerprint density at radius 3 is 2.06 bits per heavy atom. The number of hydrogen-bond donors (Lipinski definition) is 2. The molecule has 0 saturated carbocycles. The quantitative estimate of drug-likeness (QED) is 0.529. The van der Waals surface area contributed by atoms with Gasteiger partial charge >= 0.3 is 6.36 Å². The van der Waals surface area contributed by atoms with E-state index in [1.165, 1.54) is 24.3 Å². The number of hydrogen-bond acceptors (Lipinski definition) is 4. The predicted molar refractivity (Wildman–Crippen MR) is 112 cm³/mol. The van der Waals surface area contributed by atoms with Gasteiger partial charge in [-0.15, -0.1) is 13.2 Å². The summed E-state index contributed by atoms with van der Waals surface area (Å²) in [5.74, 6) is -0.953. The number of anilines is 2. The van der Waals surface area contributed by atoms with E-state index in [9.17, 15) is 22.4 Å². The Bertz CT molecular complexity index is 899. The van der Waals surface area contributed by atoms with Crippen LogP contribution in [-0.4, -0.2) is 59.9 Å². The number of alkyl halides is 3. The zero-order valence-corrected chi connectivity index (χ0v) is 17.1. The summed E-state index contributed by atoms with van der Waals surface area (Å²) in [4.78, 5) is 16.1. The van der Waals surface area contributed by atoms with E-state index in [4.69, 9.17) is 12.2 Å². The van der Waals surface area contributed by atoms with E-state index in [1.807, 2.05) is 9.80 Å². The molecule has 2 N–H and O–H groups in total. The fraction of sp³-hybridized carbons (Fsp3) is 0.300. The molecule has 1 heterocycles. The number of piperazine rings is 1. The highest BCUT2D eigenvalue weighted by molar-refractivity contribution is 7.80. The molecule has 31 heavy (non-hydrogen) atoms. The van der Waals surface area contributed by atoms with Crippen molar-refractivity contribution in [2.24, 2.45) is 0 Å². The van der Waals surface area contributed by atoms with Crippen molar-refractivity contribution < 1.29 is 27.1 Å². The lowest BCUT2D eigenvalue weighted by Gasteiger charge is -2.35. The zero-order chi connectivity index (χ0) is 22.4. The number of benzene rings is 2. The van der Waals surface area contributed by atoms with Gasteiger partial charge in [-0.05, 0) is 60.7 Å². The number of ether oxygens (including phenoxy) is 1. The SMILES string of the molecule is O=C(CN1CCN(C(=S)Nc2ccc(F)cc2)CC1)Nc1ccc(OC(F)(F)F)cc1. The van der Waals surface area contributed by atoms with Gasteiger partial charge in [0, 0.05) is 37.6 Å². The Kier molecular flexibility index (Phi) is 7.29. The highest BCUT2D eigenvalue weighted by atomic mass is 32.1. The zero-order valence-electron chi connectivity index (χ0n) is 16.3. The van der Waals surface area contributed by atoms with Crippen molar-refractivity contribution in [3.8, 4) is 5.75 Å². The average molecular weight is 456 g/mol. The van der Waals surface area contributed by atoms with Crippen molar-refractivity contribution in [2.75, 3.05) is 43.4 Å². The summed E-state index contributed by atoms with van der Waals surface area (Å²) in [6, 6.07) is 10.9. The minimum absolute atomic E-state index is 0.146. The monoisotopic (exact) mass is 456 g/mol. The molecule has 166 valence electrons. The predicted octanol–water partition coefficient (Wildman–Crippen LogP) is 3.68. The van der Waals surface area contributed by atoms with E-state index in [-0.39, 0.29) is 24.0 Å². The number of carbonyl (C=O) groups excluding carboxylic acids is 1. The van der Waals surface area contributed by atoms with Gasteiger partial charge in [0.2, 0.25) is 5.91 Å². The first-order valence-corrected chi connectivity index (χ1v) is 9.78. The summed E-state index contributed by atoms with van der Waals surface area (Å²) < 4.78 is 53.3. The van der Waals surface area contributed by atoms with Crippen molar-refractivity contribution in [1.82, 2.24) is 9.80 Å². The van der Waals surface area contributed by atoms with Crippen LogP contribution in [0.1, 0.15) is 0 Å². The molecule has 1 saturated heterocycles. The van der Waals surface area contributed by atoms with E-state index in [0.29, 0.717) is 42.7 Å². The Labute approximate surface area is 181 Å². The van der Waals surface area contributed by atoms with Crippen molar-refractivity contribution in [3.63, 3.8) is 0 Å². The molecule has 0 spiro atoms. The average Bonchev–Trinajstić information content (AvgIpc) is 2.70. The van der Waals surface area contributed by atoms with Crippen molar-refractivity contribution >= 4 is 34.6 Å². The van der Waals surface area contributed by atoms with E-state index in [0.717, 1.165) is 12.1 Å². The molecule has 0 atom stereocenters. The molecule has 1 amide bonds. The summed E-state index contributed by atoms with van der Waals surface area (Å²) >= 11 is 5.39. The Hall–Kier alpha value is -2.92. The number of carbonyl (C=O) groups is 1. The first-order valence-electron chi connectivity index (χ1n) is 9.37. The number of nitrogens with one attached hydrogen (secondary N) is 2. The van der Waals surface area contributed by atoms with Crippen LogP contribution in [0.5, 0.6) is 5.75 Å². The molecular formula is C20H20F4N4O2S. The van der Waals surface area contributed by atoms with Crippen molar-refractivity contribution in [1.29, 1.82) is 0 Å². The lowest BCUT2D eigenvalue weighted by molar-refractivity contribution is -0.274.